The first-order chi connectivity index (χ1) is 11.4. The zero-order valence-electron chi connectivity index (χ0n) is 15.0. The Kier molecular flexibility index (Phi) is 6.43. The predicted octanol–water partition coefficient (Wildman–Crippen LogP) is 3.95. The van der Waals surface area contributed by atoms with Crippen molar-refractivity contribution in [2.45, 2.75) is 57.8 Å². The number of hydrogen-bond donors (Lipinski definition) is 1. The molecule has 130 valence electrons. The fraction of sp³-hybridized carbons (Fsp3) is 0.500. The summed E-state index contributed by atoms with van der Waals surface area (Å²) in [6.45, 7) is 10.4. The second-order valence-electron chi connectivity index (χ2n) is 6.45. The molecule has 1 N–H and O–H groups in total. The molecule has 0 bridgehead atoms. The van der Waals surface area contributed by atoms with Gasteiger partial charge in [0.2, 0.25) is 5.91 Å². The van der Waals surface area contributed by atoms with Gasteiger partial charge in [0.05, 0.1) is 11.8 Å². The van der Waals surface area contributed by atoms with Gasteiger partial charge >= 0.3 is 0 Å². The van der Waals surface area contributed by atoms with Gasteiger partial charge in [-0.15, -0.1) is 10.2 Å². The molecule has 0 radical (unpaired) electrons. The minimum atomic E-state index is -0.00602. The van der Waals surface area contributed by atoms with Gasteiger partial charge in [-0.2, -0.15) is 0 Å². The van der Waals surface area contributed by atoms with Gasteiger partial charge in [-0.1, -0.05) is 55.9 Å². The van der Waals surface area contributed by atoms with Crippen LogP contribution in [0.2, 0.25) is 0 Å². The Morgan fingerprint density at radius 2 is 1.79 bits per heavy atom. The lowest BCUT2D eigenvalue weighted by Gasteiger charge is -2.16. The molecule has 0 aliphatic rings. The molecule has 0 aliphatic carbocycles. The molecule has 0 aliphatic heterocycles. The number of carbonyl (C=O) groups excluding carboxylic acids is 1. The first-order valence-corrected chi connectivity index (χ1v) is 9.30. The van der Waals surface area contributed by atoms with Crippen LogP contribution in [0, 0.1) is 0 Å². The highest BCUT2D eigenvalue weighted by Gasteiger charge is 2.18. The normalized spacial score (nSPS) is 12.6. The summed E-state index contributed by atoms with van der Waals surface area (Å²) >= 11 is 1.44. The monoisotopic (exact) mass is 346 g/mol. The minimum absolute atomic E-state index is 0.000700. The summed E-state index contributed by atoms with van der Waals surface area (Å²) in [7, 11) is 0. The van der Waals surface area contributed by atoms with Crippen LogP contribution in [0.1, 0.15) is 64.0 Å². The standard InChI is InChI=1S/C18H26N4OS/c1-12(2)17-20-21-18(22(17)13(3)4)24-11-16(23)19-14(5)15-9-7-6-8-10-15/h6-10,12-14H,11H2,1-5H3,(H,19,23). The molecule has 2 rings (SSSR count). The van der Waals surface area contributed by atoms with Crippen LogP contribution in [0.5, 0.6) is 0 Å². The number of thioether (sulfide) groups is 1. The van der Waals surface area contributed by atoms with E-state index in [1.54, 1.807) is 0 Å². The highest BCUT2D eigenvalue weighted by molar-refractivity contribution is 7.99. The third-order valence-corrected chi connectivity index (χ3v) is 4.68. The zero-order chi connectivity index (χ0) is 17.7. The first-order valence-electron chi connectivity index (χ1n) is 8.32. The Labute approximate surface area is 148 Å². The Hall–Kier alpha value is -1.82. The summed E-state index contributed by atoms with van der Waals surface area (Å²) in [5.41, 5.74) is 1.10. The van der Waals surface area contributed by atoms with E-state index >= 15 is 0 Å². The third kappa shape index (κ3) is 4.60. The SMILES string of the molecule is CC(C)c1nnc(SCC(=O)NC(C)c2ccccc2)n1C(C)C. The molecule has 24 heavy (non-hydrogen) atoms. The predicted molar refractivity (Wildman–Crippen MR) is 98.2 cm³/mol. The minimum Gasteiger partial charge on any atom is -0.349 e. The van der Waals surface area contributed by atoms with Crippen LogP contribution < -0.4 is 5.32 Å². The molecule has 1 aromatic heterocycles. The zero-order valence-corrected chi connectivity index (χ0v) is 15.8. The van der Waals surface area contributed by atoms with E-state index in [1.807, 2.05) is 37.3 Å². The number of nitrogens with zero attached hydrogens (tertiary/aromatic N) is 3. The lowest BCUT2D eigenvalue weighted by atomic mass is 10.1. The number of nitrogens with one attached hydrogen (secondary N) is 1. The van der Waals surface area contributed by atoms with Crippen molar-refractivity contribution in [3.05, 3.63) is 41.7 Å². The van der Waals surface area contributed by atoms with Crippen molar-refractivity contribution in [2.75, 3.05) is 5.75 Å². The fourth-order valence-electron chi connectivity index (χ4n) is 2.50. The average molecular weight is 347 g/mol. The Morgan fingerprint density at radius 3 is 2.38 bits per heavy atom. The molecule has 1 atom stereocenters. The van der Waals surface area contributed by atoms with Crippen LogP contribution in [0.4, 0.5) is 0 Å². The average Bonchev–Trinajstić information content (AvgIpc) is 2.98. The van der Waals surface area contributed by atoms with Crippen LogP contribution >= 0.6 is 11.8 Å². The smallest absolute Gasteiger partial charge is 0.230 e. The summed E-state index contributed by atoms with van der Waals surface area (Å²) in [6, 6.07) is 10.2. The van der Waals surface area contributed by atoms with Crippen molar-refractivity contribution in [2.24, 2.45) is 0 Å². The van der Waals surface area contributed by atoms with Crippen LogP contribution in [0.3, 0.4) is 0 Å². The molecule has 0 spiro atoms. The van der Waals surface area contributed by atoms with E-state index in [-0.39, 0.29) is 18.0 Å². The Balaban J connectivity index is 1.97. The largest absolute Gasteiger partial charge is 0.349 e. The molecule has 0 saturated carbocycles. The second-order valence-corrected chi connectivity index (χ2v) is 7.39. The van der Waals surface area contributed by atoms with Crippen molar-refractivity contribution in [1.29, 1.82) is 0 Å². The number of hydrogen-bond acceptors (Lipinski definition) is 4. The molecular weight excluding hydrogens is 320 g/mol. The molecule has 0 saturated heterocycles. The number of carbonyl (C=O) groups is 1. The van der Waals surface area contributed by atoms with Crippen molar-refractivity contribution < 1.29 is 4.79 Å². The third-order valence-electron chi connectivity index (χ3n) is 3.73. The topological polar surface area (TPSA) is 59.8 Å². The van der Waals surface area contributed by atoms with E-state index in [2.05, 4.69) is 47.8 Å². The molecule has 1 heterocycles. The molecule has 1 aromatic carbocycles. The lowest BCUT2D eigenvalue weighted by molar-refractivity contribution is -0.119. The first kappa shape index (κ1) is 18.5. The van der Waals surface area contributed by atoms with E-state index in [0.717, 1.165) is 16.5 Å². The maximum absolute atomic E-state index is 12.2. The van der Waals surface area contributed by atoms with E-state index < -0.39 is 0 Å². The molecule has 6 heteroatoms. The fourth-order valence-corrected chi connectivity index (χ4v) is 3.39. The Bertz CT molecular complexity index is 667. The van der Waals surface area contributed by atoms with Crippen molar-refractivity contribution in [3.63, 3.8) is 0 Å². The molecule has 1 unspecified atom stereocenters. The lowest BCUT2D eigenvalue weighted by Crippen LogP contribution is -2.28. The summed E-state index contributed by atoms with van der Waals surface area (Å²) in [5.74, 6) is 1.60. The highest BCUT2D eigenvalue weighted by atomic mass is 32.2. The number of rotatable bonds is 7. The van der Waals surface area contributed by atoms with Crippen molar-refractivity contribution in [3.8, 4) is 0 Å². The van der Waals surface area contributed by atoms with Gasteiger partial charge in [0.25, 0.3) is 0 Å². The van der Waals surface area contributed by atoms with E-state index in [1.165, 1.54) is 11.8 Å². The summed E-state index contributed by atoms with van der Waals surface area (Å²) < 4.78 is 2.11. The number of benzene rings is 1. The molecule has 1 amide bonds. The number of aromatic nitrogens is 3. The van der Waals surface area contributed by atoms with Gasteiger partial charge in [-0.25, -0.2) is 0 Å². The second kappa shape index (κ2) is 8.33. The maximum Gasteiger partial charge on any atom is 0.230 e. The molecular formula is C18H26N4OS. The van der Waals surface area contributed by atoms with Crippen LogP contribution in [0.25, 0.3) is 0 Å². The van der Waals surface area contributed by atoms with E-state index in [4.69, 9.17) is 0 Å². The summed E-state index contributed by atoms with van der Waals surface area (Å²) in [4.78, 5) is 12.2. The van der Waals surface area contributed by atoms with E-state index in [9.17, 15) is 4.79 Å². The van der Waals surface area contributed by atoms with Gasteiger partial charge in [-0.05, 0) is 26.3 Å². The number of amides is 1. The molecule has 0 fully saturated rings. The Morgan fingerprint density at radius 1 is 1.12 bits per heavy atom. The van der Waals surface area contributed by atoms with E-state index in [0.29, 0.717) is 11.7 Å². The van der Waals surface area contributed by atoms with Gasteiger partial charge < -0.3 is 9.88 Å². The quantitative estimate of drug-likeness (QED) is 0.771. The van der Waals surface area contributed by atoms with Crippen molar-refractivity contribution >= 4 is 17.7 Å². The summed E-state index contributed by atoms with van der Waals surface area (Å²) in [6.07, 6.45) is 0. The molecule has 5 nitrogen and oxygen atoms in total. The van der Waals surface area contributed by atoms with Crippen molar-refractivity contribution in [1.82, 2.24) is 20.1 Å². The van der Waals surface area contributed by atoms with Gasteiger partial charge in [0.1, 0.15) is 5.82 Å². The van der Waals surface area contributed by atoms with Gasteiger partial charge in [0, 0.05) is 12.0 Å². The molecule has 2 aromatic rings. The summed E-state index contributed by atoms with van der Waals surface area (Å²) in [5, 5.41) is 12.4. The van der Waals surface area contributed by atoms with Crippen LogP contribution in [0.15, 0.2) is 35.5 Å². The van der Waals surface area contributed by atoms with Gasteiger partial charge in [-0.3, -0.25) is 4.79 Å². The van der Waals surface area contributed by atoms with Crippen LogP contribution in [-0.2, 0) is 4.79 Å². The van der Waals surface area contributed by atoms with Crippen LogP contribution in [-0.4, -0.2) is 26.4 Å². The van der Waals surface area contributed by atoms with Gasteiger partial charge in [0.15, 0.2) is 5.16 Å². The highest BCUT2D eigenvalue weighted by Crippen LogP contribution is 2.25. The maximum atomic E-state index is 12.2.